The van der Waals surface area contributed by atoms with Crippen molar-refractivity contribution in [1.29, 1.82) is 0 Å². The molecule has 6 heteroatoms. The fourth-order valence-electron chi connectivity index (χ4n) is 2.47. The lowest BCUT2D eigenvalue weighted by atomic mass is 10.1. The summed E-state index contributed by atoms with van der Waals surface area (Å²) in [5.41, 5.74) is 5.95. The Bertz CT molecular complexity index is 656. The molecule has 1 aromatic rings. The minimum atomic E-state index is -3.57. The van der Waals surface area contributed by atoms with Gasteiger partial charge in [-0.2, -0.15) is 0 Å². The molecule has 1 fully saturated rings. The van der Waals surface area contributed by atoms with E-state index in [0.717, 1.165) is 12.8 Å². The van der Waals surface area contributed by atoms with Crippen molar-refractivity contribution >= 4 is 21.6 Å². The largest absolute Gasteiger partial charge is 0.320 e. The Kier molecular flexibility index (Phi) is 5.65. The summed E-state index contributed by atoms with van der Waals surface area (Å²) in [5.74, 6) is 5.97. The second kappa shape index (κ2) is 7.28. The van der Waals surface area contributed by atoms with Crippen LogP contribution < -0.4 is 10.5 Å². The zero-order chi connectivity index (χ0) is 15.3. The van der Waals surface area contributed by atoms with E-state index in [9.17, 15) is 8.42 Å². The molecule has 0 unspecified atom stereocenters. The van der Waals surface area contributed by atoms with E-state index in [0.29, 0.717) is 18.0 Å². The van der Waals surface area contributed by atoms with Crippen molar-refractivity contribution in [3.63, 3.8) is 0 Å². The number of halogens is 1. The van der Waals surface area contributed by atoms with Gasteiger partial charge in [0.25, 0.3) is 0 Å². The van der Waals surface area contributed by atoms with Gasteiger partial charge < -0.3 is 5.73 Å². The number of hydrogen-bond acceptors (Lipinski definition) is 3. The van der Waals surface area contributed by atoms with Gasteiger partial charge in [0.15, 0.2) is 0 Å². The standard InChI is InChI=1S/C15H19ClN2O2S/c16-14-10-12(6-3-9-17)7-8-15(14)21(19,20)18-11-13-4-1-2-5-13/h7-8,10,13,18H,1-2,4-5,9,11,17H2. The predicted molar refractivity (Wildman–Crippen MR) is 84.5 cm³/mol. The summed E-state index contributed by atoms with van der Waals surface area (Å²) < 4.78 is 27.2. The van der Waals surface area contributed by atoms with Gasteiger partial charge in [0, 0.05) is 12.1 Å². The van der Waals surface area contributed by atoms with Gasteiger partial charge in [0.2, 0.25) is 10.0 Å². The first-order chi connectivity index (χ1) is 10.0. The molecule has 1 aromatic carbocycles. The summed E-state index contributed by atoms with van der Waals surface area (Å²) >= 11 is 6.07. The normalized spacial score (nSPS) is 15.7. The van der Waals surface area contributed by atoms with E-state index in [1.165, 1.54) is 18.9 Å². The third-order valence-corrected chi connectivity index (χ3v) is 5.50. The lowest BCUT2D eigenvalue weighted by molar-refractivity contribution is 0.519. The van der Waals surface area contributed by atoms with E-state index in [-0.39, 0.29) is 16.5 Å². The minimum Gasteiger partial charge on any atom is -0.320 e. The van der Waals surface area contributed by atoms with Crippen molar-refractivity contribution in [1.82, 2.24) is 4.72 Å². The summed E-state index contributed by atoms with van der Waals surface area (Å²) in [6.07, 6.45) is 4.54. The lowest BCUT2D eigenvalue weighted by Gasteiger charge is -2.12. The smallest absolute Gasteiger partial charge is 0.242 e. The number of nitrogens with two attached hydrogens (primary N) is 1. The fraction of sp³-hybridized carbons (Fsp3) is 0.467. The van der Waals surface area contributed by atoms with E-state index < -0.39 is 10.0 Å². The maximum atomic E-state index is 12.3. The van der Waals surface area contributed by atoms with E-state index >= 15 is 0 Å². The molecule has 0 amide bonds. The van der Waals surface area contributed by atoms with Crippen molar-refractivity contribution in [3.05, 3.63) is 28.8 Å². The van der Waals surface area contributed by atoms with Crippen molar-refractivity contribution < 1.29 is 8.42 Å². The van der Waals surface area contributed by atoms with Crippen molar-refractivity contribution in [3.8, 4) is 11.8 Å². The molecule has 0 bridgehead atoms. The van der Waals surface area contributed by atoms with Crippen LogP contribution in [0.5, 0.6) is 0 Å². The maximum absolute atomic E-state index is 12.3. The van der Waals surface area contributed by atoms with Gasteiger partial charge in [-0.05, 0) is 37.0 Å². The molecule has 0 atom stereocenters. The zero-order valence-electron chi connectivity index (χ0n) is 11.7. The van der Waals surface area contributed by atoms with Gasteiger partial charge >= 0.3 is 0 Å². The monoisotopic (exact) mass is 326 g/mol. The maximum Gasteiger partial charge on any atom is 0.242 e. The molecule has 1 aliphatic carbocycles. The fourth-order valence-corrected chi connectivity index (χ4v) is 4.13. The quantitative estimate of drug-likeness (QED) is 0.832. The van der Waals surface area contributed by atoms with Crippen molar-refractivity contribution in [2.24, 2.45) is 11.7 Å². The minimum absolute atomic E-state index is 0.0977. The molecule has 0 spiro atoms. The van der Waals surface area contributed by atoms with Crippen LogP contribution in [-0.2, 0) is 10.0 Å². The van der Waals surface area contributed by atoms with Gasteiger partial charge in [-0.3, -0.25) is 0 Å². The molecule has 21 heavy (non-hydrogen) atoms. The third-order valence-electron chi connectivity index (χ3n) is 3.59. The molecule has 0 heterocycles. The van der Waals surface area contributed by atoms with Gasteiger partial charge in [0.05, 0.1) is 11.6 Å². The van der Waals surface area contributed by atoms with Crippen molar-refractivity contribution in [2.75, 3.05) is 13.1 Å². The van der Waals surface area contributed by atoms with Crippen LogP contribution in [0.4, 0.5) is 0 Å². The molecule has 1 saturated carbocycles. The molecule has 4 nitrogen and oxygen atoms in total. The molecule has 3 N–H and O–H groups in total. The topological polar surface area (TPSA) is 72.2 Å². The number of sulfonamides is 1. The first kappa shape index (κ1) is 16.3. The van der Waals surface area contributed by atoms with Crippen LogP contribution in [0, 0.1) is 17.8 Å². The molecular formula is C15H19ClN2O2S. The zero-order valence-corrected chi connectivity index (χ0v) is 13.3. The van der Waals surface area contributed by atoms with E-state index in [1.54, 1.807) is 12.1 Å². The highest BCUT2D eigenvalue weighted by atomic mass is 35.5. The molecule has 2 rings (SSSR count). The number of hydrogen-bond donors (Lipinski definition) is 2. The highest BCUT2D eigenvalue weighted by molar-refractivity contribution is 7.89. The molecule has 0 aliphatic heterocycles. The summed E-state index contributed by atoms with van der Waals surface area (Å²) in [6, 6.07) is 4.67. The number of nitrogens with one attached hydrogen (secondary N) is 1. The Hall–Kier alpha value is -1.06. The Labute approximate surface area is 131 Å². The van der Waals surface area contributed by atoms with E-state index in [2.05, 4.69) is 16.6 Å². The van der Waals surface area contributed by atoms with Crippen LogP contribution in [0.2, 0.25) is 5.02 Å². The molecular weight excluding hydrogens is 308 g/mol. The second-order valence-corrected chi connectivity index (χ2v) is 7.30. The predicted octanol–water partition coefficient (Wildman–Crippen LogP) is 2.12. The summed E-state index contributed by atoms with van der Waals surface area (Å²) in [5, 5.41) is 0.178. The molecule has 1 aliphatic rings. The molecule has 114 valence electrons. The van der Waals surface area contributed by atoms with E-state index in [4.69, 9.17) is 17.3 Å². The number of rotatable bonds is 4. The average molecular weight is 327 g/mol. The lowest BCUT2D eigenvalue weighted by Crippen LogP contribution is -2.28. The average Bonchev–Trinajstić information content (AvgIpc) is 2.96. The van der Waals surface area contributed by atoms with Gasteiger partial charge in [-0.1, -0.05) is 36.3 Å². The van der Waals surface area contributed by atoms with Gasteiger partial charge in [-0.15, -0.1) is 0 Å². The highest BCUT2D eigenvalue weighted by Crippen LogP contribution is 2.26. The Morgan fingerprint density at radius 1 is 1.33 bits per heavy atom. The van der Waals surface area contributed by atoms with Crippen LogP contribution in [-0.4, -0.2) is 21.5 Å². The van der Waals surface area contributed by atoms with Crippen LogP contribution >= 0.6 is 11.6 Å². The van der Waals surface area contributed by atoms with Crippen molar-refractivity contribution in [2.45, 2.75) is 30.6 Å². The van der Waals surface area contributed by atoms with Crippen LogP contribution in [0.15, 0.2) is 23.1 Å². The molecule has 0 saturated heterocycles. The van der Waals surface area contributed by atoms with Gasteiger partial charge in [0.1, 0.15) is 4.90 Å². The summed E-state index contributed by atoms with van der Waals surface area (Å²) in [6.45, 7) is 0.730. The van der Waals surface area contributed by atoms with Crippen LogP contribution in [0.3, 0.4) is 0 Å². The summed E-state index contributed by atoms with van der Waals surface area (Å²) in [4.78, 5) is 0.0977. The second-order valence-electron chi connectivity index (χ2n) is 5.15. The third kappa shape index (κ3) is 4.45. The highest BCUT2D eigenvalue weighted by Gasteiger charge is 2.21. The Morgan fingerprint density at radius 3 is 2.67 bits per heavy atom. The SMILES string of the molecule is NCC#Cc1ccc(S(=O)(=O)NCC2CCCC2)c(Cl)c1. The van der Waals surface area contributed by atoms with Crippen LogP contribution in [0.1, 0.15) is 31.2 Å². The number of benzene rings is 1. The van der Waals surface area contributed by atoms with E-state index in [1.807, 2.05) is 0 Å². The first-order valence-corrected chi connectivity index (χ1v) is 8.87. The first-order valence-electron chi connectivity index (χ1n) is 7.01. The summed E-state index contributed by atoms with van der Waals surface area (Å²) in [7, 11) is -3.57. The van der Waals surface area contributed by atoms with Crippen LogP contribution in [0.25, 0.3) is 0 Å². The Morgan fingerprint density at radius 2 is 2.05 bits per heavy atom. The van der Waals surface area contributed by atoms with Gasteiger partial charge in [-0.25, -0.2) is 13.1 Å². The Balaban J connectivity index is 2.11. The molecule has 0 aromatic heterocycles. The molecule has 0 radical (unpaired) electrons.